The zero-order chi connectivity index (χ0) is 15.0. The molecule has 3 nitrogen and oxygen atoms in total. The van der Waals surface area contributed by atoms with Crippen molar-refractivity contribution in [2.45, 2.75) is 46.0 Å². The molecular weight excluding hydrogens is 258 g/mol. The van der Waals surface area contributed by atoms with Gasteiger partial charge in [-0.05, 0) is 37.3 Å². The van der Waals surface area contributed by atoms with Gasteiger partial charge in [0.1, 0.15) is 11.6 Å². The summed E-state index contributed by atoms with van der Waals surface area (Å²) >= 11 is 0. The molecule has 0 fully saturated rings. The first-order valence-electron chi connectivity index (χ1n) is 7.81. The van der Waals surface area contributed by atoms with E-state index in [9.17, 15) is 0 Å². The van der Waals surface area contributed by atoms with Gasteiger partial charge in [0, 0.05) is 23.7 Å². The maximum absolute atomic E-state index is 4.84. The zero-order valence-corrected chi connectivity index (χ0v) is 13.3. The largest absolute Gasteiger partial charge is 0.370 e. The molecule has 1 aromatic heterocycles. The number of anilines is 1. The number of hydrogen-bond acceptors (Lipinski definition) is 3. The van der Waals surface area contributed by atoms with E-state index in [0.717, 1.165) is 30.3 Å². The number of benzene rings is 1. The summed E-state index contributed by atoms with van der Waals surface area (Å²) < 4.78 is 0. The quantitative estimate of drug-likeness (QED) is 0.919. The van der Waals surface area contributed by atoms with Crippen LogP contribution >= 0.6 is 0 Å². The lowest BCUT2D eigenvalue weighted by molar-refractivity contribution is 0.651. The van der Waals surface area contributed by atoms with E-state index >= 15 is 0 Å². The first kappa shape index (κ1) is 14.1. The van der Waals surface area contributed by atoms with Crippen LogP contribution in [0.15, 0.2) is 24.3 Å². The highest BCUT2D eigenvalue weighted by atomic mass is 15.0. The average Bonchev–Trinajstić information content (AvgIpc) is 2.39. The van der Waals surface area contributed by atoms with Crippen LogP contribution in [0.5, 0.6) is 0 Å². The average molecular weight is 281 g/mol. The molecule has 3 heteroatoms. The Bertz CT molecular complexity index is 662. The van der Waals surface area contributed by atoms with Crippen LogP contribution in [-0.2, 0) is 6.42 Å². The first-order valence-corrected chi connectivity index (χ1v) is 7.81. The van der Waals surface area contributed by atoms with Gasteiger partial charge in [0.05, 0.1) is 0 Å². The van der Waals surface area contributed by atoms with Gasteiger partial charge >= 0.3 is 0 Å². The summed E-state index contributed by atoms with van der Waals surface area (Å²) in [7, 11) is 0. The predicted octanol–water partition coefficient (Wildman–Crippen LogP) is 4.03. The van der Waals surface area contributed by atoms with Crippen molar-refractivity contribution in [2.24, 2.45) is 0 Å². The Morgan fingerprint density at radius 1 is 1.24 bits per heavy atom. The topological polar surface area (TPSA) is 37.8 Å². The second-order valence-electron chi connectivity index (χ2n) is 6.07. The molecule has 0 saturated carbocycles. The summed E-state index contributed by atoms with van der Waals surface area (Å²) in [6.07, 6.45) is 1.06. The Hall–Kier alpha value is -1.90. The summed E-state index contributed by atoms with van der Waals surface area (Å²) in [5, 5.41) is 3.41. The lowest BCUT2D eigenvalue weighted by Gasteiger charge is -2.30. The van der Waals surface area contributed by atoms with Gasteiger partial charge in [-0.1, -0.05) is 38.1 Å². The summed E-state index contributed by atoms with van der Waals surface area (Å²) in [6.45, 7) is 9.50. The summed E-state index contributed by atoms with van der Waals surface area (Å²) in [5.74, 6) is 2.77. The van der Waals surface area contributed by atoms with Crippen LogP contribution in [0.25, 0.3) is 0 Å². The Kier molecular flexibility index (Phi) is 3.66. The Morgan fingerprint density at radius 3 is 2.67 bits per heavy atom. The van der Waals surface area contributed by atoms with Crippen LogP contribution in [0.4, 0.5) is 5.82 Å². The second-order valence-corrected chi connectivity index (χ2v) is 6.07. The van der Waals surface area contributed by atoms with Crippen molar-refractivity contribution in [1.82, 2.24) is 9.97 Å². The van der Waals surface area contributed by atoms with E-state index in [0.29, 0.717) is 11.8 Å². The molecule has 1 aliphatic carbocycles. The molecule has 1 unspecified atom stereocenters. The van der Waals surface area contributed by atoms with Gasteiger partial charge in [0.2, 0.25) is 0 Å². The van der Waals surface area contributed by atoms with Crippen molar-refractivity contribution in [1.29, 1.82) is 0 Å². The number of aryl methyl sites for hydroxylation is 1. The third kappa shape index (κ3) is 2.41. The molecule has 1 N–H and O–H groups in total. The van der Waals surface area contributed by atoms with Crippen LogP contribution < -0.4 is 5.32 Å². The standard InChI is InChI=1S/C18H23N3/c1-5-19-18-16(11(2)3)12(4)20-17(21-18)15-10-13-8-6-7-9-14(13)15/h6-9,11,15H,5,10H2,1-4H3,(H,19,20,21). The van der Waals surface area contributed by atoms with E-state index in [1.54, 1.807) is 0 Å². The van der Waals surface area contributed by atoms with Crippen molar-refractivity contribution in [3.63, 3.8) is 0 Å². The Morgan fingerprint density at radius 2 is 2.00 bits per heavy atom. The fraction of sp³-hybridized carbons (Fsp3) is 0.444. The Labute approximate surface area is 126 Å². The van der Waals surface area contributed by atoms with Gasteiger partial charge in [0.25, 0.3) is 0 Å². The van der Waals surface area contributed by atoms with E-state index in [-0.39, 0.29) is 0 Å². The number of fused-ring (bicyclic) bond motifs is 1. The van der Waals surface area contributed by atoms with Gasteiger partial charge in [-0.25, -0.2) is 9.97 Å². The van der Waals surface area contributed by atoms with E-state index in [2.05, 4.69) is 57.3 Å². The Balaban J connectivity index is 2.02. The van der Waals surface area contributed by atoms with E-state index in [1.807, 2.05) is 0 Å². The second kappa shape index (κ2) is 5.47. The molecule has 0 bridgehead atoms. The van der Waals surface area contributed by atoms with Crippen molar-refractivity contribution < 1.29 is 0 Å². The van der Waals surface area contributed by atoms with Crippen LogP contribution in [0.1, 0.15) is 60.8 Å². The van der Waals surface area contributed by atoms with Gasteiger partial charge < -0.3 is 5.32 Å². The number of nitrogens with zero attached hydrogens (tertiary/aromatic N) is 2. The normalized spacial score (nSPS) is 16.5. The van der Waals surface area contributed by atoms with E-state index < -0.39 is 0 Å². The van der Waals surface area contributed by atoms with Crippen LogP contribution in [0.2, 0.25) is 0 Å². The van der Waals surface area contributed by atoms with Crippen molar-refractivity contribution in [3.05, 3.63) is 52.5 Å². The monoisotopic (exact) mass is 281 g/mol. The molecule has 1 heterocycles. The lowest BCUT2D eigenvalue weighted by Crippen LogP contribution is -2.22. The summed E-state index contributed by atoms with van der Waals surface area (Å²) in [6, 6.07) is 8.61. The zero-order valence-electron chi connectivity index (χ0n) is 13.3. The highest BCUT2D eigenvalue weighted by molar-refractivity contribution is 5.51. The van der Waals surface area contributed by atoms with Crippen molar-refractivity contribution in [3.8, 4) is 0 Å². The fourth-order valence-electron chi connectivity index (χ4n) is 3.24. The van der Waals surface area contributed by atoms with Crippen LogP contribution in [0, 0.1) is 6.92 Å². The molecule has 21 heavy (non-hydrogen) atoms. The highest BCUT2D eigenvalue weighted by Crippen LogP contribution is 2.39. The minimum absolute atomic E-state index is 0.360. The smallest absolute Gasteiger partial charge is 0.138 e. The molecule has 0 aliphatic heterocycles. The minimum atomic E-state index is 0.360. The molecule has 0 radical (unpaired) electrons. The number of hydrogen-bond donors (Lipinski definition) is 1. The van der Waals surface area contributed by atoms with E-state index in [4.69, 9.17) is 9.97 Å². The molecule has 2 aromatic rings. The number of rotatable bonds is 4. The fourth-order valence-corrected chi connectivity index (χ4v) is 3.24. The molecule has 0 amide bonds. The molecule has 1 aromatic carbocycles. The number of aromatic nitrogens is 2. The van der Waals surface area contributed by atoms with Gasteiger partial charge in [-0.3, -0.25) is 0 Å². The third-order valence-electron chi connectivity index (χ3n) is 4.24. The lowest BCUT2D eigenvalue weighted by atomic mass is 9.77. The van der Waals surface area contributed by atoms with E-state index in [1.165, 1.54) is 16.7 Å². The molecule has 1 atom stereocenters. The van der Waals surface area contributed by atoms with Crippen molar-refractivity contribution in [2.75, 3.05) is 11.9 Å². The molecule has 3 rings (SSSR count). The minimum Gasteiger partial charge on any atom is -0.370 e. The summed E-state index contributed by atoms with van der Waals surface area (Å²) in [5.41, 5.74) is 5.17. The van der Waals surface area contributed by atoms with Crippen molar-refractivity contribution >= 4 is 5.82 Å². The molecular formula is C18H23N3. The first-order chi connectivity index (χ1) is 10.1. The van der Waals surface area contributed by atoms with Gasteiger partial charge in [-0.15, -0.1) is 0 Å². The number of nitrogens with one attached hydrogen (secondary N) is 1. The van der Waals surface area contributed by atoms with Gasteiger partial charge in [0.15, 0.2) is 0 Å². The maximum atomic E-state index is 4.84. The third-order valence-corrected chi connectivity index (χ3v) is 4.24. The molecule has 110 valence electrons. The maximum Gasteiger partial charge on any atom is 0.138 e. The molecule has 1 aliphatic rings. The van der Waals surface area contributed by atoms with Crippen LogP contribution in [-0.4, -0.2) is 16.5 Å². The summed E-state index contributed by atoms with van der Waals surface area (Å²) in [4.78, 5) is 9.65. The SMILES string of the molecule is CCNc1nc(C2Cc3ccccc32)nc(C)c1C(C)C. The van der Waals surface area contributed by atoms with Crippen LogP contribution in [0.3, 0.4) is 0 Å². The molecule has 0 spiro atoms. The predicted molar refractivity (Wildman–Crippen MR) is 87.0 cm³/mol. The molecule has 0 saturated heterocycles. The van der Waals surface area contributed by atoms with Gasteiger partial charge in [-0.2, -0.15) is 0 Å². The highest BCUT2D eigenvalue weighted by Gasteiger charge is 2.30.